The van der Waals surface area contributed by atoms with E-state index in [4.69, 9.17) is 35.4 Å². The van der Waals surface area contributed by atoms with E-state index in [1.165, 1.54) is 0 Å². The van der Waals surface area contributed by atoms with Gasteiger partial charge in [-0.3, -0.25) is 4.98 Å². The van der Waals surface area contributed by atoms with Crippen LogP contribution in [0.25, 0.3) is 5.69 Å². The largest absolute Gasteiger partial charge is 0.506 e. The van der Waals surface area contributed by atoms with Crippen molar-refractivity contribution in [3.8, 4) is 11.4 Å². The molecule has 172 valence electrons. The monoisotopic (exact) mass is 508 g/mol. The Balaban J connectivity index is 1.71. The van der Waals surface area contributed by atoms with Gasteiger partial charge in [0.25, 0.3) is 0 Å². The van der Waals surface area contributed by atoms with E-state index in [0.717, 1.165) is 28.3 Å². The lowest BCUT2D eigenvalue weighted by molar-refractivity contribution is 0.472. The quantitative estimate of drug-likeness (QED) is 0.301. The summed E-state index contributed by atoms with van der Waals surface area (Å²) < 4.78 is 2.17. The third kappa shape index (κ3) is 3.92. The Kier molecular flexibility index (Phi) is 5.98. The molecule has 2 aromatic heterocycles. The Morgan fingerprint density at radius 1 is 0.971 bits per heavy atom. The van der Waals surface area contributed by atoms with Crippen molar-refractivity contribution in [2.45, 2.75) is 25.9 Å². The predicted molar refractivity (Wildman–Crippen MR) is 141 cm³/mol. The number of phenolic OH excluding ortho intramolecular Hbond substituents is 1. The molecular formula is C26H22Cl2N4OS. The van der Waals surface area contributed by atoms with Gasteiger partial charge in [0.05, 0.1) is 23.5 Å². The van der Waals surface area contributed by atoms with Crippen LogP contribution in [0.1, 0.15) is 34.7 Å². The van der Waals surface area contributed by atoms with Crippen LogP contribution in [-0.2, 0) is 0 Å². The van der Waals surface area contributed by atoms with Crippen LogP contribution < -0.4 is 10.2 Å². The Hall–Kier alpha value is -3.06. The van der Waals surface area contributed by atoms with Gasteiger partial charge in [-0.15, -0.1) is 0 Å². The first-order valence-electron chi connectivity index (χ1n) is 10.8. The lowest BCUT2D eigenvalue weighted by Crippen LogP contribution is -2.29. The molecule has 0 unspecified atom stereocenters. The van der Waals surface area contributed by atoms with Crippen molar-refractivity contribution in [2.75, 3.05) is 4.90 Å². The summed E-state index contributed by atoms with van der Waals surface area (Å²) in [6.07, 6.45) is 1.77. The van der Waals surface area contributed by atoms with Gasteiger partial charge in [0, 0.05) is 33.3 Å². The fourth-order valence-corrected chi connectivity index (χ4v) is 5.41. The maximum Gasteiger partial charge on any atom is 0.174 e. The molecule has 1 aliphatic rings. The number of halogens is 2. The van der Waals surface area contributed by atoms with Gasteiger partial charge >= 0.3 is 0 Å². The van der Waals surface area contributed by atoms with E-state index in [0.29, 0.717) is 20.8 Å². The molecular weight excluding hydrogens is 487 g/mol. The molecule has 1 fully saturated rings. The minimum absolute atomic E-state index is 0.101. The van der Waals surface area contributed by atoms with E-state index < -0.39 is 0 Å². The first-order chi connectivity index (χ1) is 16.3. The standard InChI is InChI=1S/C26H22Cl2N4OS/c1-15-12-20(16(2)31(15)19-7-5-6-17(27)13-19)25-24(21-8-3-4-11-29-21)30-26(34)32(25)22-14-18(28)9-10-23(22)33/h3-14,24-25,33H,1-2H3,(H,30,34)/t24-,25-/m0/s1. The minimum Gasteiger partial charge on any atom is -0.506 e. The molecule has 2 N–H and O–H groups in total. The van der Waals surface area contributed by atoms with Gasteiger partial charge in [0.15, 0.2) is 5.11 Å². The highest BCUT2D eigenvalue weighted by Gasteiger charge is 2.43. The summed E-state index contributed by atoms with van der Waals surface area (Å²) >= 11 is 18.4. The molecule has 3 heterocycles. The summed E-state index contributed by atoms with van der Waals surface area (Å²) in [5.41, 5.74) is 5.53. The average Bonchev–Trinajstić information content (AvgIpc) is 3.31. The van der Waals surface area contributed by atoms with Crippen molar-refractivity contribution in [2.24, 2.45) is 0 Å². The second kappa shape index (κ2) is 8.95. The van der Waals surface area contributed by atoms with Crippen LogP contribution in [0, 0.1) is 13.8 Å². The third-order valence-corrected chi connectivity index (χ3v) is 6.94. The first-order valence-corrected chi connectivity index (χ1v) is 12.0. The molecule has 1 saturated heterocycles. The van der Waals surface area contributed by atoms with Gasteiger partial charge < -0.3 is 19.9 Å². The van der Waals surface area contributed by atoms with E-state index >= 15 is 0 Å². The Bertz CT molecular complexity index is 1390. The van der Waals surface area contributed by atoms with Crippen LogP contribution in [0.3, 0.4) is 0 Å². The number of aromatic nitrogens is 2. The van der Waals surface area contributed by atoms with Gasteiger partial charge in [0.2, 0.25) is 0 Å². The fraction of sp³-hybridized carbons (Fsp3) is 0.154. The number of pyridine rings is 1. The summed E-state index contributed by atoms with van der Waals surface area (Å²) in [7, 11) is 0. The predicted octanol–water partition coefficient (Wildman–Crippen LogP) is 6.68. The number of aromatic hydroxyl groups is 1. The summed E-state index contributed by atoms with van der Waals surface area (Å²) in [6, 6.07) is 20.2. The number of hydrogen-bond acceptors (Lipinski definition) is 3. The molecule has 0 bridgehead atoms. The first kappa shape index (κ1) is 22.7. The van der Waals surface area contributed by atoms with E-state index in [1.54, 1.807) is 24.4 Å². The number of benzene rings is 2. The van der Waals surface area contributed by atoms with E-state index in [-0.39, 0.29) is 17.8 Å². The highest BCUT2D eigenvalue weighted by atomic mass is 35.5. The number of nitrogens with one attached hydrogen (secondary N) is 1. The number of thiocarbonyl (C=S) groups is 1. The van der Waals surface area contributed by atoms with E-state index in [1.807, 2.05) is 47.4 Å². The Labute approximate surface area is 213 Å². The second-order valence-corrected chi connectivity index (χ2v) is 9.53. The zero-order chi connectivity index (χ0) is 24.0. The molecule has 0 radical (unpaired) electrons. The maximum atomic E-state index is 10.7. The number of nitrogens with zero attached hydrogens (tertiary/aromatic N) is 3. The van der Waals surface area contributed by atoms with Crippen LogP contribution >= 0.6 is 35.4 Å². The number of phenols is 1. The molecule has 1 aliphatic heterocycles. The van der Waals surface area contributed by atoms with Crippen LogP contribution in [0.15, 0.2) is 72.9 Å². The molecule has 0 spiro atoms. The van der Waals surface area contributed by atoms with Gasteiger partial charge in [-0.05, 0) is 86.2 Å². The lowest BCUT2D eigenvalue weighted by atomic mass is 9.96. The molecule has 0 aliphatic carbocycles. The van der Waals surface area contributed by atoms with Crippen molar-refractivity contribution in [3.05, 3.63) is 106 Å². The second-order valence-electron chi connectivity index (χ2n) is 8.27. The Morgan fingerprint density at radius 3 is 2.50 bits per heavy atom. The van der Waals surface area contributed by atoms with Gasteiger partial charge in [-0.1, -0.05) is 35.3 Å². The normalized spacial score (nSPS) is 17.8. The number of hydrogen-bond donors (Lipinski definition) is 2. The molecule has 5 nitrogen and oxygen atoms in total. The van der Waals surface area contributed by atoms with Crippen molar-refractivity contribution in [3.63, 3.8) is 0 Å². The highest BCUT2D eigenvalue weighted by Crippen LogP contribution is 2.46. The highest BCUT2D eigenvalue weighted by molar-refractivity contribution is 7.80. The number of rotatable bonds is 4. The molecule has 0 saturated carbocycles. The van der Waals surface area contributed by atoms with Crippen molar-refractivity contribution < 1.29 is 5.11 Å². The van der Waals surface area contributed by atoms with Gasteiger partial charge in [-0.25, -0.2) is 0 Å². The molecule has 4 aromatic rings. The van der Waals surface area contributed by atoms with Gasteiger partial charge in [0.1, 0.15) is 5.75 Å². The zero-order valence-corrected chi connectivity index (χ0v) is 20.9. The molecule has 34 heavy (non-hydrogen) atoms. The maximum absolute atomic E-state index is 10.7. The van der Waals surface area contributed by atoms with Gasteiger partial charge in [-0.2, -0.15) is 0 Å². The number of aryl methyl sites for hydroxylation is 1. The zero-order valence-electron chi connectivity index (χ0n) is 18.5. The van der Waals surface area contributed by atoms with Crippen molar-refractivity contribution in [1.29, 1.82) is 0 Å². The molecule has 8 heteroatoms. The summed E-state index contributed by atoms with van der Waals surface area (Å²) in [5, 5.41) is 15.9. The smallest absolute Gasteiger partial charge is 0.174 e. The van der Waals surface area contributed by atoms with Crippen LogP contribution in [0.4, 0.5) is 5.69 Å². The average molecular weight is 509 g/mol. The topological polar surface area (TPSA) is 53.3 Å². The summed E-state index contributed by atoms with van der Waals surface area (Å²) in [6.45, 7) is 4.14. The summed E-state index contributed by atoms with van der Waals surface area (Å²) in [4.78, 5) is 6.54. The fourth-order valence-electron chi connectivity index (χ4n) is 4.72. The molecule has 0 amide bonds. The minimum atomic E-state index is -0.272. The Morgan fingerprint density at radius 2 is 1.76 bits per heavy atom. The van der Waals surface area contributed by atoms with Crippen LogP contribution in [0.5, 0.6) is 5.75 Å². The molecule has 2 aromatic carbocycles. The van der Waals surface area contributed by atoms with Crippen molar-refractivity contribution >= 4 is 46.2 Å². The van der Waals surface area contributed by atoms with Crippen molar-refractivity contribution in [1.82, 2.24) is 14.9 Å². The van der Waals surface area contributed by atoms with E-state index in [9.17, 15) is 5.11 Å². The van der Waals surface area contributed by atoms with E-state index in [2.05, 4.69) is 34.8 Å². The molecule has 2 atom stereocenters. The SMILES string of the molecule is Cc1cc([C@H]2[C@H](c3ccccn3)NC(=S)N2c2cc(Cl)ccc2O)c(C)n1-c1cccc(Cl)c1. The number of anilines is 1. The molecule has 5 rings (SSSR count). The summed E-state index contributed by atoms with van der Waals surface area (Å²) in [5.74, 6) is 0.101. The third-order valence-electron chi connectivity index (χ3n) is 6.15. The lowest BCUT2D eigenvalue weighted by Gasteiger charge is -2.28. The van der Waals surface area contributed by atoms with Crippen LogP contribution in [-0.4, -0.2) is 19.8 Å². The van der Waals surface area contributed by atoms with Crippen LogP contribution in [0.2, 0.25) is 10.0 Å².